The molecule has 30 heavy (non-hydrogen) atoms. The van der Waals surface area contributed by atoms with Crippen LogP contribution < -0.4 is 10.2 Å². The van der Waals surface area contributed by atoms with E-state index < -0.39 is 0 Å². The molecule has 7 nitrogen and oxygen atoms in total. The highest BCUT2D eigenvalue weighted by atomic mass is 32.1. The molecular weight excluding hydrogens is 396 g/mol. The minimum absolute atomic E-state index is 0.108. The maximum atomic E-state index is 12.9. The lowest BCUT2D eigenvalue weighted by Crippen LogP contribution is -2.45. The van der Waals surface area contributed by atoms with Crippen molar-refractivity contribution >= 4 is 33.8 Å². The van der Waals surface area contributed by atoms with E-state index in [1.54, 1.807) is 12.4 Å². The van der Waals surface area contributed by atoms with Crippen molar-refractivity contribution in [1.29, 1.82) is 0 Å². The van der Waals surface area contributed by atoms with Crippen LogP contribution in [0, 0.1) is 5.41 Å². The van der Waals surface area contributed by atoms with Gasteiger partial charge >= 0.3 is 0 Å². The molecule has 8 heteroatoms. The van der Waals surface area contributed by atoms with Gasteiger partial charge in [-0.1, -0.05) is 41.5 Å². The van der Waals surface area contributed by atoms with Gasteiger partial charge in [0.15, 0.2) is 16.6 Å². The van der Waals surface area contributed by atoms with Crippen LogP contribution in [0.2, 0.25) is 0 Å². The zero-order valence-corrected chi connectivity index (χ0v) is 20.4. The van der Waals surface area contributed by atoms with Crippen molar-refractivity contribution in [1.82, 2.24) is 19.6 Å². The number of amides is 1. The lowest BCUT2D eigenvalue weighted by molar-refractivity contribution is 0.102. The smallest absolute Gasteiger partial charge is 0.262 e. The first-order valence-corrected chi connectivity index (χ1v) is 11.1. The summed E-state index contributed by atoms with van der Waals surface area (Å²) in [5, 5.41) is 8.52. The van der Waals surface area contributed by atoms with Gasteiger partial charge in [-0.15, -0.1) is 11.3 Å². The number of fused-ring (bicyclic) bond motifs is 1. The number of nitrogens with one attached hydrogen (secondary N) is 2. The van der Waals surface area contributed by atoms with Gasteiger partial charge in [0.2, 0.25) is 0 Å². The summed E-state index contributed by atoms with van der Waals surface area (Å²) in [7, 11) is 2.11. The Morgan fingerprint density at radius 2 is 1.87 bits per heavy atom. The molecule has 0 aliphatic heterocycles. The minimum Gasteiger partial charge on any atom is -0.353 e. The number of H-pyrrole nitrogens is 1. The molecule has 0 atom stereocenters. The molecule has 0 radical (unpaired) electrons. The molecule has 0 spiro atoms. The SMILES string of the molecule is CN(c1c(C(C)(C)C)nc2c(C(=O)Nc3nccs3)c[nH]n12)C(C)(C)CC(C)(C)C. The monoisotopic (exact) mass is 430 g/mol. The van der Waals surface area contributed by atoms with Gasteiger partial charge < -0.3 is 4.90 Å². The molecule has 0 saturated carbocycles. The van der Waals surface area contributed by atoms with Gasteiger partial charge in [0, 0.05) is 35.8 Å². The third-order valence-electron chi connectivity index (χ3n) is 5.23. The number of carbonyl (C=O) groups excluding carboxylic acids is 1. The number of thiazole rings is 1. The average Bonchev–Trinajstić information content (AvgIpc) is 3.26. The number of imidazole rings is 1. The number of anilines is 2. The Hall–Kier alpha value is -2.35. The van der Waals surface area contributed by atoms with Crippen LogP contribution in [0.1, 0.15) is 77.9 Å². The Balaban J connectivity index is 2.09. The summed E-state index contributed by atoms with van der Waals surface area (Å²) in [6.07, 6.45) is 4.39. The van der Waals surface area contributed by atoms with E-state index in [-0.39, 0.29) is 22.3 Å². The molecule has 0 unspecified atom stereocenters. The highest BCUT2D eigenvalue weighted by Gasteiger charge is 2.36. The Bertz CT molecular complexity index is 1030. The van der Waals surface area contributed by atoms with Gasteiger partial charge in [-0.2, -0.15) is 0 Å². The fourth-order valence-corrected chi connectivity index (χ4v) is 4.56. The van der Waals surface area contributed by atoms with E-state index >= 15 is 0 Å². The zero-order valence-electron chi connectivity index (χ0n) is 19.5. The van der Waals surface area contributed by atoms with E-state index in [9.17, 15) is 4.79 Å². The number of nitrogens with zero attached hydrogens (tertiary/aromatic N) is 4. The molecule has 3 heterocycles. The molecular formula is C22H34N6OS. The van der Waals surface area contributed by atoms with Crippen molar-refractivity contribution in [3.8, 4) is 0 Å². The number of hydrogen-bond acceptors (Lipinski definition) is 5. The quantitative estimate of drug-likeness (QED) is 0.574. The van der Waals surface area contributed by atoms with Crippen molar-refractivity contribution in [2.75, 3.05) is 17.3 Å². The number of hydrogen-bond donors (Lipinski definition) is 2. The summed E-state index contributed by atoms with van der Waals surface area (Å²) in [4.78, 5) is 24.3. The summed E-state index contributed by atoms with van der Waals surface area (Å²) in [6.45, 7) is 17.7. The maximum absolute atomic E-state index is 12.9. The molecule has 0 aliphatic rings. The molecule has 2 N–H and O–H groups in total. The number of rotatable bonds is 5. The molecule has 3 aromatic rings. The standard InChI is InChI=1S/C22H34N6OS/c1-20(2,3)13-22(7,8)27(9)18-15(21(4,5)6)25-16-14(12-24-28(16)18)17(29)26-19-23-10-11-30-19/h10-12,24H,13H2,1-9H3,(H,23,26,29). The highest BCUT2D eigenvalue weighted by Crippen LogP contribution is 2.39. The minimum atomic E-state index is -0.218. The van der Waals surface area contributed by atoms with E-state index in [0.717, 1.165) is 17.9 Å². The van der Waals surface area contributed by atoms with E-state index in [0.29, 0.717) is 16.3 Å². The van der Waals surface area contributed by atoms with Crippen LogP contribution in [0.3, 0.4) is 0 Å². The molecule has 0 fully saturated rings. The van der Waals surface area contributed by atoms with Gasteiger partial charge in [-0.25, -0.2) is 14.5 Å². The van der Waals surface area contributed by atoms with Gasteiger partial charge in [-0.3, -0.25) is 15.2 Å². The van der Waals surface area contributed by atoms with Crippen LogP contribution in [0.5, 0.6) is 0 Å². The lowest BCUT2D eigenvalue weighted by atomic mass is 9.80. The number of carbonyl (C=O) groups is 1. The molecule has 1 amide bonds. The molecule has 0 aliphatic carbocycles. The van der Waals surface area contributed by atoms with Gasteiger partial charge in [0.1, 0.15) is 5.56 Å². The third-order valence-corrected chi connectivity index (χ3v) is 5.92. The van der Waals surface area contributed by atoms with E-state index in [1.807, 2.05) is 9.90 Å². The fraction of sp³-hybridized carbons (Fsp3) is 0.591. The van der Waals surface area contributed by atoms with Crippen LogP contribution in [-0.2, 0) is 5.41 Å². The Morgan fingerprint density at radius 3 is 2.40 bits per heavy atom. The topological polar surface area (TPSA) is 78.3 Å². The molecule has 3 rings (SSSR count). The average molecular weight is 431 g/mol. The van der Waals surface area contributed by atoms with Crippen LogP contribution in [-0.4, -0.2) is 38.1 Å². The molecule has 164 valence electrons. The van der Waals surface area contributed by atoms with Crippen LogP contribution in [0.4, 0.5) is 10.9 Å². The van der Waals surface area contributed by atoms with Crippen molar-refractivity contribution in [3.63, 3.8) is 0 Å². The van der Waals surface area contributed by atoms with Crippen molar-refractivity contribution in [2.24, 2.45) is 5.41 Å². The van der Waals surface area contributed by atoms with Crippen LogP contribution in [0.25, 0.3) is 5.65 Å². The number of aromatic amines is 1. The summed E-state index contributed by atoms with van der Waals surface area (Å²) >= 11 is 1.39. The van der Waals surface area contributed by atoms with Gasteiger partial charge in [0.05, 0.1) is 5.69 Å². The molecule has 0 saturated heterocycles. The normalized spacial score (nSPS) is 13.1. The number of aromatic nitrogens is 4. The van der Waals surface area contributed by atoms with E-state index in [4.69, 9.17) is 4.98 Å². The summed E-state index contributed by atoms with van der Waals surface area (Å²) in [5.74, 6) is 0.768. The van der Waals surface area contributed by atoms with Gasteiger partial charge in [0.25, 0.3) is 5.91 Å². The van der Waals surface area contributed by atoms with Gasteiger partial charge in [-0.05, 0) is 25.7 Å². The Morgan fingerprint density at radius 1 is 1.20 bits per heavy atom. The predicted octanol–water partition coefficient (Wildman–Crippen LogP) is 5.32. The second kappa shape index (κ2) is 7.41. The predicted molar refractivity (Wildman–Crippen MR) is 125 cm³/mol. The summed E-state index contributed by atoms with van der Waals surface area (Å²) in [5.41, 5.74) is 1.98. The van der Waals surface area contributed by atoms with E-state index in [1.165, 1.54) is 11.3 Å². The largest absolute Gasteiger partial charge is 0.353 e. The van der Waals surface area contributed by atoms with Crippen molar-refractivity contribution in [2.45, 2.75) is 72.8 Å². The fourth-order valence-electron chi connectivity index (χ4n) is 4.04. The van der Waals surface area contributed by atoms with Crippen LogP contribution in [0.15, 0.2) is 17.8 Å². The molecule has 3 aromatic heterocycles. The Kier molecular flexibility index (Phi) is 5.52. The van der Waals surface area contributed by atoms with Crippen molar-refractivity contribution in [3.05, 3.63) is 29.0 Å². The summed E-state index contributed by atoms with van der Waals surface area (Å²) in [6, 6.07) is 0. The second-order valence-electron chi connectivity index (χ2n) is 10.8. The zero-order chi connectivity index (χ0) is 22.5. The van der Waals surface area contributed by atoms with Crippen LogP contribution >= 0.6 is 11.3 Å². The first-order valence-electron chi connectivity index (χ1n) is 10.3. The van der Waals surface area contributed by atoms with Crippen molar-refractivity contribution < 1.29 is 4.79 Å². The first kappa shape index (κ1) is 22.3. The lowest BCUT2D eigenvalue weighted by Gasteiger charge is -2.42. The van der Waals surface area contributed by atoms with E-state index in [2.05, 4.69) is 82.7 Å². The third kappa shape index (κ3) is 4.38. The first-order chi connectivity index (χ1) is 13.7. The molecule has 0 bridgehead atoms. The summed E-state index contributed by atoms with van der Waals surface area (Å²) < 4.78 is 1.93. The maximum Gasteiger partial charge on any atom is 0.262 e. The Labute approximate surface area is 182 Å². The second-order valence-corrected chi connectivity index (χ2v) is 11.7. The molecule has 0 aromatic carbocycles. The highest BCUT2D eigenvalue weighted by molar-refractivity contribution is 7.13.